The summed E-state index contributed by atoms with van der Waals surface area (Å²) in [6, 6.07) is 22.2. The van der Waals surface area contributed by atoms with Crippen LogP contribution in [0, 0.1) is 0 Å². The Hall–Kier alpha value is -3.12. The SMILES string of the molecule is CCOC(=O)c1ccc(Oc2ccc(C=NNc3ccccc3)c(Br)c2)cc1. The molecule has 1 N–H and O–H groups in total. The molecule has 0 saturated carbocycles. The predicted molar refractivity (Wildman–Crippen MR) is 114 cm³/mol. The maximum Gasteiger partial charge on any atom is 0.338 e. The maximum atomic E-state index is 11.7. The van der Waals surface area contributed by atoms with Gasteiger partial charge in [-0.2, -0.15) is 5.10 Å². The summed E-state index contributed by atoms with van der Waals surface area (Å²) in [4.78, 5) is 11.7. The first kappa shape index (κ1) is 19.6. The van der Waals surface area contributed by atoms with Gasteiger partial charge in [0.15, 0.2) is 0 Å². The lowest BCUT2D eigenvalue weighted by Crippen LogP contribution is -2.04. The van der Waals surface area contributed by atoms with E-state index in [1.807, 2.05) is 48.5 Å². The molecule has 0 unspecified atom stereocenters. The van der Waals surface area contributed by atoms with Gasteiger partial charge in [-0.25, -0.2) is 4.79 Å². The van der Waals surface area contributed by atoms with E-state index in [-0.39, 0.29) is 5.97 Å². The molecule has 0 bridgehead atoms. The van der Waals surface area contributed by atoms with Gasteiger partial charge >= 0.3 is 5.97 Å². The zero-order valence-electron chi connectivity index (χ0n) is 15.3. The molecule has 0 spiro atoms. The minimum absolute atomic E-state index is 0.343. The molecule has 3 aromatic rings. The molecular formula is C22H19BrN2O3. The van der Waals surface area contributed by atoms with Crippen LogP contribution < -0.4 is 10.2 Å². The summed E-state index contributed by atoms with van der Waals surface area (Å²) in [6.07, 6.45) is 1.73. The Morgan fingerprint density at radius 2 is 1.75 bits per heavy atom. The molecule has 0 aliphatic heterocycles. The molecule has 0 aliphatic rings. The predicted octanol–water partition coefficient (Wildman–Crippen LogP) is 5.86. The second-order valence-electron chi connectivity index (χ2n) is 5.77. The van der Waals surface area contributed by atoms with E-state index in [2.05, 4.69) is 26.5 Å². The van der Waals surface area contributed by atoms with Crippen molar-refractivity contribution in [3.63, 3.8) is 0 Å². The van der Waals surface area contributed by atoms with Crippen LogP contribution in [0.25, 0.3) is 0 Å². The zero-order valence-corrected chi connectivity index (χ0v) is 16.8. The zero-order chi connectivity index (χ0) is 19.8. The van der Waals surface area contributed by atoms with Crippen LogP contribution in [0.3, 0.4) is 0 Å². The van der Waals surface area contributed by atoms with Crippen molar-refractivity contribution in [2.45, 2.75) is 6.92 Å². The fraction of sp³-hybridized carbons (Fsp3) is 0.0909. The average molecular weight is 439 g/mol. The fourth-order valence-electron chi connectivity index (χ4n) is 2.37. The van der Waals surface area contributed by atoms with Gasteiger partial charge in [-0.1, -0.05) is 18.2 Å². The number of hydrogen-bond acceptors (Lipinski definition) is 5. The number of carbonyl (C=O) groups excluding carboxylic acids is 1. The van der Waals surface area contributed by atoms with Crippen molar-refractivity contribution in [3.05, 3.63) is 88.4 Å². The minimum Gasteiger partial charge on any atom is -0.462 e. The first-order valence-electron chi connectivity index (χ1n) is 8.74. The molecule has 0 fully saturated rings. The highest BCUT2D eigenvalue weighted by atomic mass is 79.9. The van der Waals surface area contributed by atoms with Crippen LogP contribution in [-0.2, 0) is 4.74 Å². The van der Waals surface area contributed by atoms with Crippen molar-refractivity contribution in [2.24, 2.45) is 5.10 Å². The van der Waals surface area contributed by atoms with Crippen molar-refractivity contribution >= 4 is 33.8 Å². The number of anilines is 1. The number of esters is 1. The molecule has 0 aliphatic carbocycles. The highest BCUT2D eigenvalue weighted by Crippen LogP contribution is 2.27. The first-order chi connectivity index (χ1) is 13.7. The van der Waals surface area contributed by atoms with E-state index in [1.54, 1.807) is 37.4 Å². The Balaban J connectivity index is 1.63. The van der Waals surface area contributed by atoms with Gasteiger partial charge in [0, 0.05) is 10.0 Å². The third-order valence-electron chi connectivity index (χ3n) is 3.74. The number of ether oxygens (including phenoxy) is 2. The summed E-state index contributed by atoms with van der Waals surface area (Å²) in [7, 11) is 0. The van der Waals surface area contributed by atoms with Gasteiger partial charge < -0.3 is 9.47 Å². The summed E-state index contributed by atoms with van der Waals surface area (Å²) < 4.78 is 11.7. The van der Waals surface area contributed by atoms with Crippen molar-refractivity contribution in [3.8, 4) is 11.5 Å². The number of benzene rings is 3. The van der Waals surface area contributed by atoms with Gasteiger partial charge in [-0.15, -0.1) is 0 Å². The van der Waals surface area contributed by atoms with E-state index in [0.717, 1.165) is 15.7 Å². The van der Waals surface area contributed by atoms with Crippen LogP contribution in [0.1, 0.15) is 22.8 Å². The Morgan fingerprint density at radius 3 is 2.43 bits per heavy atom. The van der Waals surface area contributed by atoms with E-state index >= 15 is 0 Å². The molecule has 0 saturated heterocycles. The van der Waals surface area contributed by atoms with Crippen molar-refractivity contribution in [1.82, 2.24) is 0 Å². The Morgan fingerprint density at radius 1 is 1.04 bits per heavy atom. The first-order valence-corrected chi connectivity index (χ1v) is 9.53. The van der Waals surface area contributed by atoms with Crippen LogP contribution in [0.2, 0.25) is 0 Å². The van der Waals surface area contributed by atoms with E-state index < -0.39 is 0 Å². The minimum atomic E-state index is -0.343. The van der Waals surface area contributed by atoms with Gasteiger partial charge in [0.05, 0.1) is 24.1 Å². The Labute approximate surface area is 172 Å². The lowest BCUT2D eigenvalue weighted by molar-refractivity contribution is 0.0526. The van der Waals surface area contributed by atoms with E-state index in [4.69, 9.17) is 9.47 Å². The lowest BCUT2D eigenvalue weighted by atomic mass is 10.2. The molecule has 6 heteroatoms. The van der Waals surface area contributed by atoms with Gasteiger partial charge in [0.1, 0.15) is 11.5 Å². The van der Waals surface area contributed by atoms with Crippen LogP contribution in [0.4, 0.5) is 5.69 Å². The van der Waals surface area contributed by atoms with Crippen molar-refractivity contribution < 1.29 is 14.3 Å². The summed E-state index contributed by atoms with van der Waals surface area (Å²) in [5.41, 5.74) is 5.30. The van der Waals surface area contributed by atoms with Gasteiger partial charge in [0.25, 0.3) is 0 Å². The standard InChI is InChI=1S/C22H19BrN2O3/c1-2-27-22(26)16-8-11-19(12-9-16)28-20-13-10-17(21(23)14-20)15-24-25-18-6-4-3-5-7-18/h3-15,25H,2H2,1H3. The highest BCUT2D eigenvalue weighted by Gasteiger charge is 2.07. The molecule has 0 aromatic heterocycles. The number of nitrogens with zero attached hydrogens (tertiary/aromatic N) is 1. The number of nitrogens with one attached hydrogen (secondary N) is 1. The molecule has 0 atom stereocenters. The summed E-state index contributed by atoms with van der Waals surface area (Å²) in [5, 5.41) is 4.24. The molecule has 0 heterocycles. The molecular weight excluding hydrogens is 420 g/mol. The summed E-state index contributed by atoms with van der Waals surface area (Å²) in [5.74, 6) is 0.959. The van der Waals surface area contributed by atoms with Gasteiger partial charge in [-0.3, -0.25) is 5.43 Å². The fourth-order valence-corrected chi connectivity index (χ4v) is 2.83. The van der Waals surface area contributed by atoms with Crippen LogP contribution >= 0.6 is 15.9 Å². The maximum absolute atomic E-state index is 11.7. The second kappa shape index (κ2) is 9.71. The largest absolute Gasteiger partial charge is 0.462 e. The number of hydrogen-bond donors (Lipinski definition) is 1. The molecule has 0 amide bonds. The van der Waals surface area contributed by atoms with Crippen LogP contribution in [0.15, 0.2) is 82.4 Å². The quantitative estimate of drug-likeness (QED) is 0.285. The molecule has 3 aromatic carbocycles. The third-order valence-corrected chi connectivity index (χ3v) is 4.43. The monoisotopic (exact) mass is 438 g/mol. The summed E-state index contributed by atoms with van der Waals surface area (Å²) >= 11 is 3.53. The number of carbonyl (C=O) groups is 1. The normalized spacial score (nSPS) is 10.6. The third kappa shape index (κ3) is 5.44. The van der Waals surface area contributed by atoms with E-state index in [9.17, 15) is 4.79 Å². The smallest absolute Gasteiger partial charge is 0.338 e. The Kier molecular flexibility index (Phi) is 6.81. The van der Waals surface area contributed by atoms with Crippen LogP contribution in [0.5, 0.6) is 11.5 Å². The van der Waals surface area contributed by atoms with Gasteiger partial charge in [-0.05, 0) is 77.5 Å². The van der Waals surface area contributed by atoms with E-state index in [1.165, 1.54) is 0 Å². The molecule has 0 radical (unpaired) electrons. The van der Waals surface area contributed by atoms with E-state index in [0.29, 0.717) is 23.7 Å². The molecule has 5 nitrogen and oxygen atoms in total. The lowest BCUT2D eigenvalue weighted by Gasteiger charge is -2.08. The van der Waals surface area contributed by atoms with Crippen molar-refractivity contribution in [1.29, 1.82) is 0 Å². The average Bonchev–Trinajstić information content (AvgIpc) is 2.71. The molecule has 3 rings (SSSR count). The van der Waals surface area contributed by atoms with Gasteiger partial charge in [0.2, 0.25) is 0 Å². The number of hydrazone groups is 1. The summed E-state index contributed by atoms with van der Waals surface area (Å²) in [6.45, 7) is 2.13. The number of halogens is 1. The highest BCUT2D eigenvalue weighted by molar-refractivity contribution is 9.10. The number of rotatable bonds is 7. The van der Waals surface area contributed by atoms with Crippen LogP contribution in [-0.4, -0.2) is 18.8 Å². The molecule has 142 valence electrons. The topological polar surface area (TPSA) is 59.9 Å². The van der Waals surface area contributed by atoms with Crippen molar-refractivity contribution in [2.75, 3.05) is 12.0 Å². The Bertz CT molecular complexity index is 957. The molecule has 28 heavy (non-hydrogen) atoms. The number of para-hydroxylation sites is 1. The second-order valence-corrected chi connectivity index (χ2v) is 6.62.